The number of benzene rings is 2. The van der Waals surface area contributed by atoms with E-state index in [4.69, 9.17) is 63.1 Å². The van der Waals surface area contributed by atoms with Crippen LogP contribution in [-0.4, -0.2) is 153 Å². The minimum absolute atomic E-state index is 0.00910. The molecule has 2 saturated heterocycles. The van der Waals surface area contributed by atoms with Gasteiger partial charge >= 0.3 is 27.1 Å². The number of hydrogen-bond donors (Lipinski definition) is 10. The summed E-state index contributed by atoms with van der Waals surface area (Å²) in [4.78, 5) is 86.7. The quantitative estimate of drug-likeness (QED) is 0.0343. The van der Waals surface area contributed by atoms with E-state index in [9.17, 15) is 58.7 Å². The summed E-state index contributed by atoms with van der Waals surface area (Å²) in [5.41, 5.74) is 13.3. The summed E-state index contributed by atoms with van der Waals surface area (Å²) < 4.78 is 57.7. The number of nitrogens with two attached hydrogens (primary N) is 2. The lowest BCUT2D eigenvalue weighted by atomic mass is 10.1. The molecule has 70 heavy (non-hydrogen) atoms. The number of carbonyl (C=O) groups excluding carboxylic acids is 2. The zero-order valence-electron chi connectivity index (χ0n) is 35.6. The fourth-order valence-corrected chi connectivity index (χ4v) is 8.57. The predicted octanol–water partition coefficient (Wildman–Crippen LogP) is -0.110. The largest absolute Gasteiger partial charge is 0.458 e. The summed E-state index contributed by atoms with van der Waals surface area (Å²) in [5.74, 6) is -7.14. The van der Waals surface area contributed by atoms with E-state index in [1.807, 2.05) is 0 Å². The van der Waals surface area contributed by atoms with Crippen molar-refractivity contribution in [1.29, 1.82) is 0 Å². The Hall–Kier alpha value is -5.36. The number of carbonyl (C=O) groups is 2. The second-order valence-electron chi connectivity index (χ2n) is 15.2. The number of anilines is 2. The highest BCUT2D eigenvalue weighted by Crippen LogP contribution is 2.45. The van der Waals surface area contributed by atoms with Crippen molar-refractivity contribution < 1.29 is 87.1 Å². The first kappa shape index (κ1) is 52.5. The van der Waals surface area contributed by atoms with Crippen molar-refractivity contribution in [2.75, 3.05) is 24.7 Å². The molecule has 1 unspecified atom stereocenters. The fourth-order valence-electron chi connectivity index (χ4n) is 6.96. The molecule has 28 nitrogen and oxygen atoms in total. The number of nitrogens with zero attached hydrogens (tertiary/aromatic N) is 8. The molecule has 4 aromatic heterocycles. The number of halogens is 2. The van der Waals surface area contributed by atoms with Gasteiger partial charge in [0.15, 0.2) is 35.4 Å². The van der Waals surface area contributed by atoms with Crippen LogP contribution in [0.2, 0.25) is 10.6 Å². The Labute approximate surface area is 403 Å². The minimum atomic E-state index is -5.11. The summed E-state index contributed by atoms with van der Waals surface area (Å²) in [6, 6.07) is 17.0. The lowest BCUT2D eigenvalue weighted by Crippen LogP contribution is -2.36. The number of imidazole rings is 2. The van der Waals surface area contributed by atoms with Gasteiger partial charge in [-0.25, -0.2) is 19.6 Å². The minimum Gasteiger partial charge on any atom is -0.458 e. The van der Waals surface area contributed by atoms with Crippen molar-refractivity contribution in [3.8, 4) is 0 Å². The zero-order chi connectivity index (χ0) is 50.7. The second kappa shape index (κ2) is 22.0. The average Bonchev–Trinajstić information content (AvgIpc) is 4.06. The van der Waals surface area contributed by atoms with Gasteiger partial charge in [0.1, 0.15) is 60.9 Å². The number of aliphatic hydroxyl groups is 4. The van der Waals surface area contributed by atoms with Crippen LogP contribution in [0.5, 0.6) is 0 Å². The van der Waals surface area contributed by atoms with Crippen LogP contribution in [0.25, 0.3) is 22.3 Å². The van der Waals surface area contributed by atoms with E-state index in [-0.39, 0.29) is 57.7 Å². The number of aromatic nitrogens is 8. The molecule has 0 radical (unpaired) electrons. The first-order valence-corrected chi connectivity index (χ1v) is 24.3. The van der Waals surface area contributed by atoms with Gasteiger partial charge in [0.25, 0.3) is 11.7 Å². The smallest absolute Gasteiger partial charge is 0.365 e. The molecule has 2 aliphatic rings. The molecule has 0 spiro atoms. The van der Waals surface area contributed by atoms with E-state index in [1.165, 1.54) is 21.8 Å². The Morgan fingerprint density at radius 2 is 0.971 bits per heavy atom. The van der Waals surface area contributed by atoms with Gasteiger partial charge in [-0.3, -0.25) is 18.3 Å². The molecule has 2 aromatic carbocycles. The molecular formula is C38H42Cl2N10O18P2. The van der Waals surface area contributed by atoms with E-state index in [2.05, 4.69) is 29.9 Å². The van der Waals surface area contributed by atoms with Gasteiger partial charge < -0.3 is 79.9 Å². The maximum atomic E-state index is 12.3. The summed E-state index contributed by atoms with van der Waals surface area (Å²) in [6.07, 6.45) is -8.67. The number of hydrogen-bond acceptors (Lipinski definition) is 22. The number of aliphatic hydroxyl groups excluding tert-OH is 4. The molecule has 0 aliphatic carbocycles. The maximum Gasteiger partial charge on any atom is 0.365 e. The van der Waals surface area contributed by atoms with Crippen LogP contribution in [0.3, 0.4) is 0 Å². The zero-order valence-corrected chi connectivity index (χ0v) is 38.9. The first-order valence-electron chi connectivity index (χ1n) is 20.2. The third-order valence-electron chi connectivity index (χ3n) is 10.4. The molecule has 0 saturated carbocycles. The first-order chi connectivity index (χ1) is 33.1. The van der Waals surface area contributed by atoms with Gasteiger partial charge in [-0.1, -0.05) is 60.7 Å². The third-order valence-corrected chi connectivity index (χ3v) is 12.6. The number of ether oxygens (including phenoxy) is 6. The summed E-state index contributed by atoms with van der Waals surface area (Å²) in [6.45, 7) is -1.78. The maximum absolute atomic E-state index is 12.3. The van der Waals surface area contributed by atoms with Crippen LogP contribution in [0.4, 0.5) is 11.6 Å². The average molecular weight is 1060 g/mol. The monoisotopic (exact) mass is 1060 g/mol. The molecule has 0 amide bonds. The van der Waals surface area contributed by atoms with E-state index >= 15 is 0 Å². The van der Waals surface area contributed by atoms with Crippen LogP contribution in [-0.2, 0) is 60.4 Å². The number of nitrogen functional groups attached to an aromatic ring is 2. The molecule has 376 valence electrons. The Morgan fingerprint density at radius 3 is 1.31 bits per heavy atom. The molecule has 2 aliphatic heterocycles. The van der Waals surface area contributed by atoms with Crippen LogP contribution < -0.4 is 11.5 Å². The van der Waals surface area contributed by atoms with Crippen molar-refractivity contribution in [2.45, 2.75) is 74.0 Å². The van der Waals surface area contributed by atoms with Crippen LogP contribution in [0.1, 0.15) is 23.6 Å². The van der Waals surface area contributed by atoms with Crippen molar-refractivity contribution >= 4 is 84.3 Å². The Balaban J connectivity index is 0.000000206. The van der Waals surface area contributed by atoms with Gasteiger partial charge in [-0.05, 0) is 34.3 Å². The van der Waals surface area contributed by atoms with Crippen LogP contribution in [0, 0.1) is 0 Å². The standard InChI is InChI=1S/2C19H21ClN5O9P/c2*20-19-23-14(21)11-15(24-19)25(8-22-11)16-13(27)12(26)10(34-16)7-33-18(35(29,30)31)17(28)32-6-9-4-2-1-3-5-9/h2*1-5,8,10,12-13,16,18,26-27H,6-7H2,(H2,21,23,24)(H2,29,30,31)/t10-,12-,13-,16-,18?;10-,12-,13-,16-,18-/m11/s1. The normalized spacial score (nSPS) is 23.5. The summed E-state index contributed by atoms with van der Waals surface area (Å²) in [5, 5.41) is 41.5. The molecule has 0 bridgehead atoms. The van der Waals surface area contributed by atoms with E-state index in [0.717, 1.165) is 0 Å². The van der Waals surface area contributed by atoms with Gasteiger partial charge in [0.2, 0.25) is 10.6 Å². The lowest BCUT2D eigenvalue weighted by molar-refractivity contribution is -0.158. The molecular weight excluding hydrogens is 1020 g/mol. The lowest BCUT2D eigenvalue weighted by Gasteiger charge is -2.21. The van der Waals surface area contributed by atoms with Gasteiger partial charge in [-0.15, -0.1) is 0 Å². The summed E-state index contributed by atoms with van der Waals surface area (Å²) >= 11 is 11.7. The Kier molecular flexibility index (Phi) is 16.5. The van der Waals surface area contributed by atoms with Crippen molar-refractivity contribution in [2.24, 2.45) is 0 Å². The molecule has 6 heterocycles. The van der Waals surface area contributed by atoms with Crippen molar-refractivity contribution in [1.82, 2.24) is 39.0 Å². The van der Waals surface area contributed by atoms with Gasteiger partial charge in [-0.2, -0.15) is 19.9 Å². The number of esters is 2. The van der Waals surface area contributed by atoms with Crippen molar-refractivity contribution in [3.05, 3.63) is 95.0 Å². The number of fused-ring (bicyclic) bond motifs is 2. The van der Waals surface area contributed by atoms with Gasteiger partial charge in [0, 0.05) is 0 Å². The van der Waals surface area contributed by atoms with E-state index in [1.54, 1.807) is 60.7 Å². The molecule has 10 atom stereocenters. The SMILES string of the molecule is Nc1nc(Cl)nc2c1ncn2[C@@H]1O[C@H](COC(C(=O)OCc2ccccc2)P(=O)(O)O)[C@@H](O)[C@H]1O.Nc1nc(Cl)nc2c1ncn2[C@@H]1O[C@H](CO[C@@H](C(=O)OCc2ccccc2)P(=O)(O)O)[C@@H](O)[C@H]1O. The molecule has 8 rings (SSSR count). The van der Waals surface area contributed by atoms with Crippen LogP contribution in [0.15, 0.2) is 73.3 Å². The highest BCUT2D eigenvalue weighted by Gasteiger charge is 2.48. The molecule has 12 N–H and O–H groups in total. The topological polar surface area (TPSA) is 425 Å². The van der Waals surface area contributed by atoms with Crippen molar-refractivity contribution in [3.63, 3.8) is 0 Å². The van der Waals surface area contributed by atoms with E-state index in [0.29, 0.717) is 11.1 Å². The highest BCUT2D eigenvalue weighted by atomic mass is 35.5. The second-order valence-corrected chi connectivity index (χ2v) is 19.2. The number of rotatable bonds is 16. The molecule has 32 heteroatoms. The van der Waals surface area contributed by atoms with Crippen LogP contribution >= 0.6 is 38.4 Å². The third kappa shape index (κ3) is 12.0. The fraction of sp³-hybridized carbons (Fsp3) is 0.368. The predicted molar refractivity (Wildman–Crippen MR) is 237 cm³/mol. The Bertz CT molecular complexity index is 2710. The molecule has 6 aromatic rings. The highest BCUT2D eigenvalue weighted by molar-refractivity contribution is 7.53. The van der Waals surface area contributed by atoms with Gasteiger partial charge in [0.05, 0.1) is 25.9 Å². The Morgan fingerprint density at radius 1 is 0.614 bits per heavy atom. The molecule has 2 fully saturated rings. The summed E-state index contributed by atoms with van der Waals surface area (Å²) in [7, 11) is -10.2. The van der Waals surface area contributed by atoms with E-state index < -0.39 is 101 Å².